The van der Waals surface area contributed by atoms with Crippen LogP contribution in [0, 0.1) is 6.92 Å². The zero-order valence-electron chi connectivity index (χ0n) is 9.29. The minimum absolute atomic E-state index is 0.125. The van der Waals surface area contributed by atoms with Crippen molar-refractivity contribution in [1.82, 2.24) is 9.97 Å². The van der Waals surface area contributed by atoms with Crippen molar-refractivity contribution < 1.29 is 4.79 Å². The minimum atomic E-state index is 0.125. The zero-order chi connectivity index (χ0) is 10.8. The largest absolute Gasteiger partial charge is 0.300 e. The molecule has 0 atom stereocenters. The third-order valence-corrected chi connectivity index (χ3v) is 2.85. The van der Waals surface area contributed by atoms with E-state index in [9.17, 15) is 4.79 Å². The van der Waals surface area contributed by atoms with Gasteiger partial charge in [-0.15, -0.1) is 0 Å². The van der Waals surface area contributed by atoms with Gasteiger partial charge in [-0.3, -0.25) is 4.79 Å². The number of aryl methyl sites for hydroxylation is 1. The summed E-state index contributed by atoms with van der Waals surface area (Å²) in [6.07, 6.45) is 4.13. The van der Waals surface area contributed by atoms with E-state index in [4.69, 9.17) is 0 Å². The SMILES string of the molecule is CC(=O)Cc1nc(C)cc(C2CCC2)n1. The topological polar surface area (TPSA) is 42.9 Å². The summed E-state index contributed by atoms with van der Waals surface area (Å²) in [4.78, 5) is 19.8. The Balaban J connectivity index is 2.23. The lowest BCUT2D eigenvalue weighted by molar-refractivity contribution is -0.116. The first-order chi connectivity index (χ1) is 7.15. The van der Waals surface area contributed by atoms with Crippen molar-refractivity contribution in [2.45, 2.75) is 45.4 Å². The van der Waals surface area contributed by atoms with Gasteiger partial charge in [-0.25, -0.2) is 9.97 Å². The molecule has 2 rings (SSSR count). The van der Waals surface area contributed by atoms with Gasteiger partial charge in [-0.05, 0) is 32.8 Å². The molecule has 0 aliphatic heterocycles. The van der Waals surface area contributed by atoms with Crippen LogP contribution in [-0.2, 0) is 11.2 Å². The summed E-state index contributed by atoms with van der Waals surface area (Å²) in [7, 11) is 0. The average Bonchev–Trinajstić information content (AvgIpc) is 1.96. The molecule has 3 nitrogen and oxygen atoms in total. The Kier molecular flexibility index (Phi) is 2.80. The van der Waals surface area contributed by atoms with Crippen molar-refractivity contribution in [3.63, 3.8) is 0 Å². The fraction of sp³-hybridized carbons (Fsp3) is 0.583. The lowest BCUT2D eigenvalue weighted by atomic mass is 9.82. The highest BCUT2D eigenvalue weighted by molar-refractivity contribution is 5.77. The van der Waals surface area contributed by atoms with Gasteiger partial charge in [0.25, 0.3) is 0 Å². The second-order valence-corrected chi connectivity index (χ2v) is 4.36. The molecule has 1 saturated carbocycles. The molecule has 1 aliphatic carbocycles. The van der Waals surface area contributed by atoms with E-state index in [1.54, 1.807) is 6.92 Å². The molecule has 1 aliphatic rings. The van der Waals surface area contributed by atoms with Gasteiger partial charge < -0.3 is 0 Å². The fourth-order valence-corrected chi connectivity index (χ4v) is 1.87. The Bertz CT molecular complexity index is 383. The first-order valence-electron chi connectivity index (χ1n) is 5.49. The van der Waals surface area contributed by atoms with Crippen LogP contribution < -0.4 is 0 Å². The normalized spacial score (nSPS) is 16.1. The Morgan fingerprint density at radius 3 is 2.73 bits per heavy atom. The number of aromatic nitrogens is 2. The Labute approximate surface area is 89.9 Å². The van der Waals surface area contributed by atoms with Crippen LogP contribution in [0.3, 0.4) is 0 Å². The standard InChI is InChI=1S/C12H16N2O/c1-8-6-11(10-4-3-5-10)14-12(13-8)7-9(2)15/h6,10H,3-5,7H2,1-2H3. The van der Waals surface area contributed by atoms with Gasteiger partial charge in [0.15, 0.2) is 0 Å². The van der Waals surface area contributed by atoms with Gasteiger partial charge in [0.05, 0.1) is 6.42 Å². The average molecular weight is 204 g/mol. The molecule has 0 N–H and O–H groups in total. The first kappa shape index (κ1) is 10.3. The molecule has 0 radical (unpaired) electrons. The number of nitrogens with zero attached hydrogens (tertiary/aromatic N) is 2. The van der Waals surface area contributed by atoms with Crippen molar-refractivity contribution in [2.75, 3.05) is 0 Å². The summed E-state index contributed by atoms with van der Waals surface area (Å²) in [6.45, 7) is 3.54. The molecule has 80 valence electrons. The maximum atomic E-state index is 11.0. The number of carbonyl (C=O) groups excluding carboxylic acids is 1. The van der Waals surface area contributed by atoms with Gasteiger partial charge in [0.1, 0.15) is 11.6 Å². The van der Waals surface area contributed by atoms with Crippen LogP contribution in [0.5, 0.6) is 0 Å². The Morgan fingerprint density at radius 2 is 2.20 bits per heavy atom. The number of rotatable bonds is 3. The van der Waals surface area contributed by atoms with E-state index < -0.39 is 0 Å². The van der Waals surface area contributed by atoms with Gasteiger partial charge in [-0.2, -0.15) is 0 Å². The van der Waals surface area contributed by atoms with E-state index in [1.165, 1.54) is 19.3 Å². The molecule has 15 heavy (non-hydrogen) atoms. The molecular weight excluding hydrogens is 188 g/mol. The van der Waals surface area contributed by atoms with Gasteiger partial charge in [-0.1, -0.05) is 6.42 Å². The van der Waals surface area contributed by atoms with Crippen molar-refractivity contribution in [2.24, 2.45) is 0 Å². The van der Waals surface area contributed by atoms with Crippen molar-refractivity contribution in [3.05, 3.63) is 23.3 Å². The summed E-state index contributed by atoms with van der Waals surface area (Å²) in [5.41, 5.74) is 2.10. The number of hydrogen-bond acceptors (Lipinski definition) is 3. The molecule has 1 fully saturated rings. The van der Waals surface area contributed by atoms with Crippen LogP contribution in [0.15, 0.2) is 6.07 Å². The van der Waals surface area contributed by atoms with E-state index in [0.717, 1.165) is 11.4 Å². The highest BCUT2D eigenvalue weighted by Crippen LogP contribution is 2.35. The molecule has 0 spiro atoms. The second kappa shape index (κ2) is 4.09. The van der Waals surface area contributed by atoms with Crippen LogP contribution >= 0.6 is 0 Å². The van der Waals surface area contributed by atoms with Crippen LogP contribution in [0.25, 0.3) is 0 Å². The van der Waals surface area contributed by atoms with Gasteiger partial charge in [0.2, 0.25) is 0 Å². The summed E-state index contributed by atoms with van der Waals surface area (Å²) in [6, 6.07) is 2.05. The smallest absolute Gasteiger partial charge is 0.137 e. The molecule has 0 unspecified atom stereocenters. The van der Waals surface area contributed by atoms with E-state index in [1.807, 2.05) is 13.0 Å². The minimum Gasteiger partial charge on any atom is -0.300 e. The summed E-state index contributed by atoms with van der Waals surface area (Å²) in [5, 5.41) is 0. The summed E-state index contributed by atoms with van der Waals surface area (Å²) < 4.78 is 0. The van der Waals surface area contributed by atoms with Crippen molar-refractivity contribution >= 4 is 5.78 Å². The number of hydrogen-bond donors (Lipinski definition) is 0. The van der Waals surface area contributed by atoms with E-state index >= 15 is 0 Å². The Hall–Kier alpha value is -1.25. The lowest BCUT2D eigenvalue weighted by Gasteiger charge is -2.25. The maximum absolute atomic E-state index is 11.0. The highest BCUT2D eigenvalue weighted by atomic mass is 16.1. The molecule has 1 aromatic heterocycles. The zero-order valence-corrected chi connectivity index (χ0v) is 9.29. The molecule has 1 heterocycles. The van der Waals surface area contributed by atoms with Crippen molar-refractivity contribution in [3.8, 4) is 0 Å². The van der Waals surface area contributed by atoms with E-state index in [-0.39, 0.29) is 5.78 Å². The number of Topliss-reactive ketones (excluding diaryl/α,β-unsaturated/α-hetero) is 1. The summed E-state index contributed by atoms with van der Waals surface area (Å²) >= 11 is 0. The first-order valence-corrected chi connectivity index (χ1v) is 5.49. The molecule has 0 amide bonds. The quantitative estimate of drug-likeness (QED) is 0.758. The molecule has 0 bridgehead atoms. The second-order valence-electron chi connectivity index (χ2n) is 4.36. The van der Waals surface area contributed by atoms with Gasteiger partial charge >= 0.3 is 0 Å². The molecule has 0 aromatic carbocycles. The van der Waals surface area contributed by atoms with Crippen LogP contribution in [-0.4, -0.2) is 15.8 Å². The highest BCUT2D eigenvalue weighted by Gasteiger charge is 2.21. The van der Waals surface area contributed by atoms with Crippen LogP contribution in [0.2, 0.25) is 0 Å². The summed E-state index contributed by atoms with van der Waals surface area (Å²) in [5.74, 6) is 1.42. The molecule has 1 aromatic rings. The van der Waals surface area contributed by atoms with E-state index in [0.29, 0.717) is 18.2 Å². The molecule has 3 heteroatoms. The van der Waals surface area contributed by atoms with Crippen LogP contribution in [0.4, 0.5) is 0 Å². The monoisotopic (exact) mass is 204 g/mol. The van der Waals surface area contributed by atoms with Crippen molar-refractivity contribution in [1.29, 1.82) is 0 Å². The predicted octanol–water partition coefficient (Wildman–Crippen LogP) is 2.18. The maximum Gasteiger partial charge on any atom is 0.137 e. The fourth-order valence-electron chi connectivity index (χ4n) is 1.87. The lowest BCUT2D eigenvalue weighted by Crippen LogP contribution is -2.14. The van der Waals surface area contributed by atoms with Crippen LogP contribution in [0.1, 0.15) is 49.3 Å². The Morgan fingerprint density at radius 1 is 1.47 bits per heavy atom. The number of ketones is 1. The van der Waals surface area contributed by atoms with Gasteiger partial charge in [0, 0.05) is 17.3 Å². The molecule has 0 saturated heterocycles. The predicted molar refractivity (Wildman–Crippen MR) is 57.7 cm³/mol. The third-order valence-electron chi connectivity index (χ3n) is 2.85. The third kappa shape index (κ3) is 2.41. The number of carbonyl (C=O) groups is 1. The molecular formula is C12H16N2O. The van der Waals surface area contributed by atoms with E-state index in [2.05, 4.69) is 9.97 Å².